The maximum atomic E-state index is 12.6. The summed E-state index contributed by atoms with van der Waals surface area (Å²) in [5.41, 5.74) is 0.428. The Hall–Kier alpha value is -1.47. The molecule has 0 spiro atoms. The van der Waals surface area contributed by atoms with Crippen molar-refractivity contribution in [2.75, 3.05) is 34.3 Å². The van der Waals surface area contributed by atoms with Gasteiger partial charge in [-0.15, -0.1) is 0 Å². The van der Waals surface area contributed by atoms with E-state index < -0.39 is 5.92 Å². The molecule has 2 fully saturated rings. The molecule has 3 unspecified atom stereocenters. The van der Waals surface area contributed by atoms with Crippen LogP contribution >= 0.6 is 0 Å². The molecule has 27 heavy (non-hydrogen) atoms. The number of hydrogen-bond donors (Lipinski definition) is 3. The first kappa shape index (κ1) is 21.8. The van der Waals surface area contributed by atoms with E-state index in [4.69, 9.17) is 15.6 Å². The summed E-state index contributed by atoms with van der Waals surface area (Å²) in [5.74, 6) is -0.376. The quantitative estimate of drug-likeness (QED) is 0.467. The molecule has 0 aromatic heterocycles. The number of nitrogens with one attached hydrogen (secondary N) is 3. The predicted molar refractivity (Wildman–Crippen MR) is 109 cm³/mol. The van der Waals surface area contributed by atoms with Crippen molar-refractivity contribution < 1.29 is 9.53 Å². The number of ether oxygens (including phenoxy) is 1. The van der Waals surface area contributed by atoms with Crippen molar-refractivity contribution in [3.05, 3.63) is 0 Å². The van der Waals surface area contributed by atoms with Gasteiger partial charge in [0.2, 0.25) is 5.91 Å². The lowest BCUT2D eigenvalue weighted by molar-refractivity contribution is -0.130. The third-order valence-electron chi connectivity index (χ3n) is 5.84. The number of rotatable bonds is 7. The smallest absolute Gasteiger partial charge is 0.233 e. The first-order chi connectivity index (χ1) is 12.8. The molecule has 0 radical (unpaired) electrons. The van der Waals surface area contributed by atoms with Crippen molar-refractivity contribution in [3.8, 4) is 0 Å². The fraction of sp³-hybridized carbons (Fsp3) is 0.850. The second-order valence-corrected chi connectivity index (χ2v) is 8.27. The molecule has 0 aromatic carbocycles. The molecule has 1 heterocycles. The van der Waals surface area contributed by atoms with E-state index in [2.05, 4.69) is 5.32 Å². The molecule has 1 aliphatic heterocycles. The van der Waals surface area contributed by atoms with Gasteiger partial charge in [-0.2, -0.15) is 0 Å². The molecular weight excluding hydrogens is 342 g/mol. The molecule has 3 atom stereocenters. The van der Waals surface area contributed by atoms with Crippen molar-refractivity contribution in [2.45, 2.75) is 70.1 Å². The average molecular weight is 380 g/mol. The van der Waals surface area contributed by atoms with E-state index in [1.807, 2.05) is 4.90 Å². The molecule has 0 bridgehead atoms. The lowest BCUT2D eigenvalue weighted by atomic mass is 9.92. The van der Waals surface area contributed by atoms with Gasteiger partial charge in [-0.05, 0) is 26.2 Å². The molecule has 7 nitrogen and oxygen atoms in total. The third kappa shape index (κ3) is 6.01. The van der Waals surface area contributed by atoms with E-state index in [1.54, 1.807) is 28.1 Å². The first-order valence-corrected chi connectivity index (χ1v) is 10.2. The highest BCUT2D eigenvalue weighted by Crippen LogP contribution is 2.23. The SMILES string of the molecule is COC1CN(C(=N)C(CC(C)=N)C(=O)N(C)C)CCC1NC1CCCCC1. The monoisotopic (exact) mass is 379 g/mol. The van der Waals surface area contributed by atoms with Crippen molar-refractivity contribution >= 4 is 17.5 Å². The lowest BCUT2D eigenvalue weighted by Crippen LogP contribution is -2.58. The lowest BCUT2D eigenvalue weighted by Gasteiger charge is -2.42. The number of amidine groups is 1. The van der Waals surface area contributed by atoms with Crippen molar-refractivity contribution in [3.63, 3.8) is 0 Å². The van der Waals surface area contributed by atoms with Crippen molar-refractivity contribution in [1.82, 2.24) is 15.1 Å². The van der Waals surface area contributed by atoms with Crippen LogP contribution in [0.1, 0.15) is 51.9 Å². The first-order valence-electron chi connectivity index (χ1n) is 10.2. The third-order valence-corrected chi connectivity index (χ3v) is 5.84. The number of hydrogen-bond acceptors (Lipinski definition) is 5. The molecule has 0 aromatic rings. The molecule has 1 saturated carbocycles. The fourth-order valence-electron chi connectivity index (χ4n) is 4.28. The average Bonchev–Trinajstić information content (AvgIpc) is 2.66. The maximum absolute atomic E-state index is 12.6. The summed E-state index contributed by atoms with van der Waals surface area (Å²) < 4.78 is 5.76. The maximum Gasteiger partial charge on any atom is 0.233 e. The topological polar surface area (TPSA) is 92.5 Å². The molecule has 3 N–H and O–H groups in total. The van der Waals surface area contributed by atoms with Gasteiger partial charge in [0.25, 0.3) is 0 Å². The highest BCUT2D eigenvalue weighted by molar-refractivity contribution is 6.04. The standard InChI is InChI=1S/C20H37N5O2/c1-14(21)12-16(20(26)24(2)3)19(22)25-11-10-17(18(13-25)27-4)23-15-8-6-5-7-9-15/h15-18,21-23H,5-13H2,1-4H3. The van der Waals surface area contributed by atoms with Crippen LogP contribution in [0.2, 0.25) is 0 Å². The normalized spacial score (nSPS) is 25.1. The van der Waals surface area contributed by atoms with Crippen LogP contribution in [0.4, 0.5) is 0 Å². The van der Waals surface area contributed by atoms with Crippen molar-refractivity contribution in [2.24, 2.45) is 5.92 Å². The number of carbonyl (C=O) groups excluding carboxylic acids is 1. The van der Waals surface area contributed by atoms with E-state index in [0.29, 0.717) is 36.6 Å². The van der Waals surface area contributed by atoms with E-state index in [-0.39, 0.29) is 12.0 Å². The molecule has 154 valence electrons. The Labute approximate surface area is 163 Å². The zero-order valence-corrected chi connectivity index (χ0v) is 17.4. The van der Waals surface area contributed by atoms with Crippen LogP contribution in [0.15, 0.2) is 0 Å². The highest BCUT2D eigenvalue weighted by Gasteiger charge is 2.36. The van der Waals surface area contributed by atoms with Gasteiger partial charge in [-0.3, -0.25) is 10.2 Å². The minimum absolute atomic E-state index is 0.0113. The van der Waals surface area contributed by atoms with Gasteiger partial charge in [0, 0.05) is 58.5 Å². The number of amides is 1. The Kier molecular flexibility index (Phi) is 8.23. The highest BCUT2D eigenvalue weighted by atomic mass is 16.5. The Morgan fingerprint density at radius 3 is 2.44 bits per heavy atom. The summed E-state index contributed by atoms with van der Waals surface area (Å²) >= 11 is 0. The zero-order valence-electron chi connectivity index (χ0n) is 17.4. The van der Waals surface area contributed by atoms with E-state index in [0.717, 1.165) is 13.0 Å². The molecule has 7 heteroatoms. The Balaban J connectivity index is 2.00. The molecule has 1 aliphatic carbocycles. The van der Waals surface area contributed by atoms with Gasteiger partial charge >= 0.3 is 0 Å². The Morgan fingerprint density at radius 1 is 1.22 bits per heavy atom. The molecular formula is C20H37N5O2. The van der Waals surface area contributed by atoms with Gasteiger partial charge < -0.3 is 25.3 Å². The van der Waals surface area contributed by atoms with Gasteiger partial charge in [0.1, 0.15) is 11.8 Å². The van der Waals surface area contributed by atoms with Gasteiger partial charge in [-0.1, -0.05) is 19.3 Å². The minimum atomic E-state index is -0.585. The fourth-order valence-corrected chi connectivity index (χ4v) is 4.28. The summed E-state index contributed by atoms with van der Waals surface area (Å²) in [4.78, 5) is 16.1. The summed E-state index contributed by atoms with van der Waals surface area (Å²) in [6, 6.07) is 0.880. The molecule has 2 rings (SSSR count). The Bertz CT molecular complexity index is 530. The number of methoxy groups -OCH3 is 1. The zero-order chi connectivity index (χ0) is 20.0. The van der Waals surface area contributed by atoms with Crippen LogP contribution in [-0.2, 0) is 9.53 Å². The minimum Gasteiger partial charge on any atom is -0.378 e. The summed E-state index contributed by atoms with van der Waals surface area (Å²) in [5, 5.41) is 20.2. The number of piperidine rings is 1. The summed E-state index contributed by atoms with van der Waals surface area (Å²) in [6.07, 6.45) is 7.64. The van der Waals surface area contributed by atoms with Crippen LogP contribution < -0.4 is 5.32 Å². The number of carbonyl (C=O) groups is 1. The second-order valence-electron chi connectivity index (χ2n) is 8.27. The van der Waals surface area contributed by atoms with Gasteiger partial charge in [0.05, 0.1) is 6.10 Å². The predicted octanol–water partition coefficient (Wildman–Crippen LogP) is 2.11. The van der Waals surface area contributed by atoms with Crippen molar-refractivity contribution in [1.29, 1.82) is 10.8 Å². The largest absolute Gasteiger partial charge is 0.378 e. The van der Waals surface area contributed by atoms with Crippen LogP contribution in [0.5, 0.6) is 0 Å². The number of likely N-dealkylation sites (tertiary alicyclic amines) is 1. The van der Waals surface area contributed by atoms with Crippen LogP contribution in [0, 0.1) is 16.7 Å². The van der Waals surface area contributed by atoms with E-state index >= 15 is 0 Å². The van der Waals surface area contributed by atoms with Crippen LogP contribution in [-0.4, -0.2) is 79.7 Å². The molecule has 1 saturated heterocycles. The van der Waals surface area contributed by atoms with Gasteiger partial charge in [0.15, 0.2) is 0 Å². The number of nitrogens with zero attached hydrogens (tertiary/aromatic N) is 2. The van der Waals surface area contributed by atoms with Crippen LogP contribution in [0.25, 0.3) is 0 Å². The second kappa shape index (κ2) is 10.2. The Morgan fingerprint density at radius 2 is 1.89 bits per heavy atom. The van der Waals surface area contributed by atoms with E-state index in [1.165, 1.54) is 37.0 Å². The summed E-state index contributed by atoms with van der Waals surface area (Å²) in [7, 11) is 5.15. The summed E-state index contributed by atoms with van der Waals surface area (Å²) in [6.45, 7) is 3.06. The van der Waals surface area contributed by atoms with Crippen LogP contribution in [0.3, 0.4) is 0 Å². The van der Waals surface area contributed by atoms with E-state index in [9.17, 15) is 4.79 Å². The molecule has 1 amide bonds. The van der Waals surface area contributed by atoms with Gasteiger partial charge in [-0.25, -0.2) is 0 Å². The molecule has 2 aliphatic rings.